The fourth-order valence-electron chi connectivity index (χ4n) is 3.55. The number of amidine groups is 1. The lowest BCUT2D eigenvalue weighted by Gasteiger charge is -2.31. The van der Waals surface area contributed by atoms with Gasteiger partial charge in [-0.15, -0.1) is 0 Å². The van der Waals surface area contributed by atoms with Crippen molar-refractivity contribution >= 4 is 5.84 Å². The molecule has 0 saturated heterocycles. The van der Waals surface area contributed by atoms with Gasteiger partial charge in [-0.1, -0.05) is 51.9 Å². The molecule has 0 aliphatic carbocycles. The molecule has 128 valence electrons. The Balaban J connectivity index is 0.00000242. The summed E-state index contributed by atoms with van der Waals surface area (Å²) < 4.78 is 2.26. The van der Waals surface area contributed by atoms with E-state index in [-0.39, 0.29) is 24.0 Å². The molecule has 2 heterocycles. The van der Waals surface area contributed by atoms with Crippen LogP contribution in [0.4, 0.5) is 0 Å². The highest BCUT2D eigenvalue weighted by Gasteiger charge is 2.45. The van der Waals surface area contributed by atoms with Crippen LogP contribution in [-0.2, 0) is 0 Å². The second kappa shape index (κ2) is 9.91. The summed E-state index contributed by atoms with van der Waals surface area (Å²) in [7, 11) is 2.12. The molecule has 0 bridgehead atoms. The van der Waals surface area contributed by atoms with Crippen molar-refractivity contribution in [1.29, 1.82) is 0 Å². The number of unbranched alkanes of at least 4 members (excludes halogenated alkanes) is 7. The molecule has 0 aromatic carbocycles. The van der Waals surface area contributed by atoms with E-state index in [0.717, 1.165) is 32.4 Å². The summed E-state index contributed by atoms with van der Waals surface area (Å²) in [6, 6.07) is 0. The number of fused-ring (bicyclic) bond motifs is 1. The Labute approximate surface area is 153 Å². The molecule has 22 heavy (non-hydrogen) atoms. The third-order valence-electron chi connectivity index (χ3n) is 4.91. The standard InChI is InChI=1S/C18H33N2O.HI/c1-3-4-5-6-7-8-9-10-13-18(21)14-12-17-19(2)15-11-16-20(17)18;/h12,14,21H,3-11,13,15-16H2,1-2H3;1H/q+1;/p-1. The first-order valence-electron chi connectivity index (χ1n) is 8.95. The minimum atomic E-state index is -0.716. The first-order valence-corrected chi connectivity index (χ1v) is 8.95. The fraction of sp³-hybridized carbons (Fsp3) is 0.833. The van der Waals surface area contributed by atoms with Gasteiger partial charge in [0.2, 0.25) is 5.72 Å². The first-order chi connectivity index (χ1) is 10.2. The number of halogens is 1. The van der Waals surface area contributed by atoms with Crippen molar-refractivity contribution in [3.05, 3.63) is 12.2 Å². The predicted octanol–water partition coefficient (Wildman–Crippen LogP) is 0.526. The lowest BCUT2D eigenvalue weighted by atomic mass is 10.0. The maximum absolute atomic E-state index is 10.9. The van der Waals surface area contributed by atoms with Gasteiger partial charge >= 0.3 is 0 Å². The van der Waals surface area contributed by atoms with E-state index in [1.54, 1.807) is 0 Å². The van der Waals surface area contributed by atoms with Gasteiger partial charge in [0.1, 0.15) is 0 Å². The molecule has 1 unspecified atom stereocenters. The molecule has 1 N–H and O–H groups in total. The van der Waals surface area contributed by atoms with Gasteiger partial charge in [-0.3, -0.25) is 4.58 Å². The highest BCUT2D eigenvalue weighted by Crippen LogP contribution is 2.29. The van der Waals surface area contributed by atoms with Crippen LogP contribution in [0.15, 0.2) is 12.2 Å². The van der Waals surface area contributed by atoms with Crippen molar-refractivity contribution in [1.82, 2.24) is 4.90 Å². The average Bonchev–Trinajstić information content (AvgIpc) is 2.81. The number of hydrogen-bond acceptors (Lipinski definition) is 2. The van der Waals surface area contributed by atoms with Gasteiger partial charge in [0.25, 0.3) is 5.84 Å². The number of nitrogens with zero attached hydrogens (tertiary/aromatic N) is 2. The topological polar surface area (TPSA) is 26.5 Å². The molecule has 0 radical (unpaired) electrons. The molecular weight excluding hydrogens is 387 g/mol. The van der Waals surface area contributed by atoms with Crippen LogP contribution >= 0.6 is 0 Å². The van der Waals surface area contributed by atoms with Crippen LogP contribution in [0, 0.1) is 0 Å². The van der Waals surface area contributed by atoms with Gasteiger partial charge in [-0.2, -0.15) is 0 Å². The Bertz CT molecular complexity index is 395. The van der Waals surface area contributed by atoms with E-state index < -0.39 is 5.72 Å². The monoisotopic (exact) mass is 420 g/mol. The third kappa shape index (κ3) is 5.22. The van der Waals surface area contributed by atoms with Crippen molar-refractivity contribution in [2.45, 2.75) is 76.9 Å². The van der Waals surface area contributed by atoms with Gasteiger partial charge in [0.15, 0.2) is 0 Å². The van der Waals surface area contributed by atoms with Crippen LogP contribution in [0.5, 0.6) is 0 Å². The van der Waals surface area contributed by atoms with Crippen molar-refractivity contribution in [2.24, 2.45) is 0 Å². The van der Waals surface area contributed by atoms with E-state index in [2.05, 4.69) is 29.5 Å². The second-order valence-corrected chi connectivity index (χ2v) is 6.72. The number of rotatable bonds is 9. The Hall–Kier alpha value is -0.100. The minimum absolute atomic E-state index is 0. The van der Waals surface area contributed by atoms with Crippen LogP contribution in [0.2, 0.25) is 0 Å². The molecule has 2 rings (SSSR count). The average molecular weight is 420 g/mol. The molecule has 2 aliphatic heterocycles. The molecule has 0 aromatic rings. The van der Waals surface area contributed by atoms with Gasteiger partial charge in [0.05, 0.1) is 20.1 Å². The largest absolute Gasteiger partial charge is 1.00 e. The highest BCUT2D eigenvalue weighted by molar-refractivity contribution is 5.92. The molecule has 0 amide bonds. The van der Waals surface area contributed by atoms with E-state index in [9.17, 15) is 5.11 Å². The summed E-state index contributed by atoms with van der Waals surface area (Å²) in [6.07, 6.45) is 16.6. The second-order valence-electron chi connectivity index (χ2n) is 6.72. The van der Waals surface area contributed by atoms with Gasteiger partial charge in [-0.05, 0) is 12.5 Å². The maximum atomic E-state index is 10.9. The lowest BCUT2D eigenvalue weighted by Crippen LogP contribution is -3.00. The van der Waals surface area contributed by atoms with Gasteiger partial charge < -0.3 is 29.1 Å². The van der Waals surface area contributed by atoms with Crippen LogP contribution in [-0.4, -0.2) is 46.3 Å². The Kier molecular flexibility index (Phi) is 8.98. The van der Waals surface area contributed by atoms with E-state index in [0.29, 0.717) is 0 Å². The van der Waals surface area contributed by atoms with Crippen LogP contribution < -0.4 is 24.0 Å². The molecule has 1 atom stereocenters. The quantitative estimate of drug-likeness (QED) is 0.335. The maximum Gasteiger partial charge on any atom is 0.274 e. The Morgan fingerprint density at radius 2 is 1.77 bits per heavy atom. The zero-order valence-electron chi connectivity index (χ0n) is 14.4. The summed E-state index contributed by atoms with van der Waals surface area (Å²) in [6.45, 7) is 4.35. The molecule has 3 nitrogen and oxygen atoms in total. The van der Waals surface area contributed by atoms with Gasteiger partial charge in [0, 0.05) is 18.9 Å². The zero-order valence-corrected chi connectivity index (χ0v) is 16.5. The molecule has 0 fully saturated rings. The number of hydrogen-bond donors (Lipinski definition) is 1. The van der Waals surface area contributed by atoms with Crippen molar-refractivity contribution in [3.63, 3.8) is 0 Å². The molecule has 0 saturated carbocycles. The molecule has 4 heteroatoms. The molecule has 0 spiro atoms. The summed E-state index contributed by atoms with van der Waals surface area (Å²) in [4.78, 5) is 2.19. The summed E-state index contributed by atoms with van der Waals surface area (Å²) in [5.41, 5.74) is -0.716. The predicted molar refractivity (Wildman–Crippen MR) is 88.7 cm³/mol. The van der Waals surface area contributed by atoms with Crippen molar-refractivity contribution < 1.29 is 33.7 Å². The summed E-state index contributed by atoms with van der Waals surface area (Å²) >= 11 is 0. The normalized spacial score (nSPS) is 23.7. The smallest absolute Gasteiger partial charge is 0.274 e. The summed E-state index contributed by atoms with van der Waals surface area (Å²) in [5.74, 6) is 1.20. The fourth-order valence-corrected chi connectivity index (χ4v) is 3.55. The van der Waals surface area contributed by atoms with E-state index in [1.165, 1.54) is 50.8 Å². The SMILES string of the molecule is CCCCCCCCCCC1(O)C=CC2=[N+](C)CCCN21.[I-]. The highest BCUT2D eigenvalue weighted by atomic mass is 127. The Morgan fingerprint density at radius 1 is 1.14 bits per heavy atom. The lowest BCUT2D eigenvalue weighted by molar-refractivity contribution is -0.509. The van der Waals surface area contributed by atoms with Crippen LogP contribution in [0.25, 0.3) is 0 Å². The molecule has 0 aromatic heterocycles. The minimum Gasteiger partial charge on any atom is -1.00 e. The van der Waals surface area contributed by atoms with E-state index in [4.69, 9.17) is 0 Å². The summed E-state index contributed by atoms with van der Waals surface area (Å²) in [5, 5.41) is 10.9. The number of aliphatic hydroxyl groups is 1. The van der Waals surface area contributed by atoms with Crippen LogP contribution in [0.3, 0.4) is 0 Å². The third-order valence-corrected chi connectivity index (χ3v) is 4.91. The van der Waals surface area contributed by atoms with Crippen LogP contribution in [0.1, 0.15) is 71.1 Å². The molecular formula is C18H33IN2O. The van der Waals surface area contributed by atoms with Crippen molar-refractivity contribution in [2.75, 3.05) is 20.1 Å². The van der Waals surface area contributed by atoms with E-state index in [1.807, 2.05) is 6.08 Å². The first kappa shape index (κ1) is 19.9. The Morgan fingerprint density at radius 3 is 2.45 bits per heavy atom. The van der Waals surface area contributed by atoms with E-state index >= 15 is 0 Å². The van der Waals surface area contributed by atoms with Gasteiger partial charge in [-0.25, -0.2) is 4.90 Å². The zero-order chi connectivity index (χ0) is 15.1. The molecule has 2 aliphatic rings. The van der Waals surface area contributed by atoms with Crippen molar-refractivity contribution in [3.8, 4) is 0 Å².